The zero-order chi connectivity index (χ0) is 27.9. The number of anilines is 1. The number of hydrogen-bond donors (Lipinski definition) is 1. The fourth-order valence-electron chi connectivity index (χ4n) is 5.03. The van der Waals surface area contributed by atoms with Crippen LogP contribution in [0.4, 0.5) is 10.7 Å². The maximum atomic E-state index is 12.7. The summed E-state index contributed by atoms with van der Waals surface area (Å²) in [5.41, 5.74) is 2.88. The molecule has 1 amide bonds. The molecule has 0 aliphatic carbocycles. The molecule has 40 heavy (non-hydrogen) atoms. The highest BCUT2D eigenvalue weighted by molar-refractivity contribution is 5.87. The molecule has 0 bridgehead atoms. The highest BCUT2D eigenvalue weighted by Gasteiger charge is 2.28. The minimum Gasteiger partial charge on any atom is -0.497 e. The molecule has 1 aliphatic rings. The molecule has 206 valence electrons. The number of rotatable bonds is 5. The van der Waals surface area contributed by atoms with E-state index in [0.717, 1.165) is 52.0 Å². The van der Waals surface area contributed by atoms with Crippen LogP contribution in [0.2, 0.25) is 0 Å². The van der Waals surface area contributed by atoms with Crippen LogP contribution < -0.4 is 10.1 Å². The van der Waals surface area contributed by atoms with Crippen molar-refractivity contribution in [2.24, 2.45) is 0 Å². The van der Waals surface area contributed by atoms with Crippen molar-refractivity contribution in [2.45, 2.75) is 45.3 Å². The van der Waals surface area contributed by atoms with Gasteiger partial charge in [-0.2, -0.15) is 4.98 Å². The van der Waals surface area contributed by atoms with Crippen LogP contribution in [0, 0.1) is 0 Å². The lowest BCUT2D eigenvalue weighted by molar-refractivity contribution is 0.0206. The minimum atomic E-state index is -0.537. The van der Waals surface area contributed by atoms with Gasteiger partial charge in [0.2, 0.25) is 5.95 Å². The second-order valence-electron chi connectivity index (χ2n) is 10.9. The van der Waals surface area contributed by atoms with E-state index in [1.165, 1.54) is 0 Å². The normalized spacial score (nSPS) is 15.9. The smallest absolute Gasteiger partial charge is 0.410 e. The number of methoxy groups -OCH3 is 1. The topological polar surface area (TPSA) is 108 Å². The quantitative estimate of drug-likeness (QED) is 0.287. The van der Waals surface area contributed by atoms with Gasteiger partial charge in [-0.25, -0.2) is 14.8 Å². The Hall–Kier alpha value is -4.60. The van der Waals surface area contributed by atoms with Crippen molar-refractivity contribution in [1.82, 2.24) is 24.4 Å². The molecular formula is C30H32N6O4. The Morgan fingerprint density at radius 2 is 1.98 bits per heavy atom. The molecule has 0 saturated carbocycles. The number of aromatic nitrogens is 4. The number of hydrogen-bond acceptors (Lipinski definition) is 8. The summed E-state index contributed by atoms with van der Waals surface area (Å²) in [5.74, 6) is 2.61. The van der Waals surface area contributed by atoms with Gasteiger partial charge in [-0.1, -0.05) is 0 Å². The number of imidazole rings is 1. The summed E-state index contributed by atoms with van der Waals surface area (Å²) in [6.07, 6.45) is 4.87. The van der Waals surface area contributed by atoms with Crippen LogP contribution in [-0.2, 0) is 4.74 Å². The third-order valence-corrected chi connectivity index (χ3v) is 6.85. The fraction of sp³-hybridized carbons (Fsp3) is 0.333. The van der Waals surface area contributed by atoms with Gasteiger partial charge in [-0.15, -0.1) is 0 Å². The first-order valence-electron chi connectivity index (χ1n) is 13.4. The molecular weight excluding hydrogens is 508 g/mol. The van der Waals surface area contributed by atoms with Crippen molar-refractivity contribution in [2.75, 3.05) is 25.5 Å². The van der Waals surface area contributed by atoms with Crippen LogP contribution >= 0.6 is 0 Å². The van der Waals surface area contributed by atoms with Gasteiger partial charge in [0.05, 0.1) is 24.4 Å². The second kappa shape index (κ2) is 10.2. The Morgan fingerprint density at radius 3 is 2.80 bits per heavy atom. The molecule has 1 atom stereocenters. The van der Waals surface area contributed by atoms with E-state index in [-0.39, 0.29) is 12.1 Å². The van der Waals surface area contributed by atoms with Crippen molar-refractivity contribution in [3.05, 3.63) is 61.0 Å². The van der Waals surface area contributed by atoms with Gasteiger partial charge in [0.15, 0.2) is 0 Å². The van der Waals surface area contributed by atoms with Crippen molar-refractivity contribution in [3.8, 4) is 23.0 Å². The number of amides is 1. The number of fused-ring (bicyclic) bond motifs is 2. The molecule has 0 unspecified atom stereocenters. The molecule has 10 heteroatoms. The van der Waals surface area contributed by atoms with Gasteiger partial charge >= 0.3 is 6.09 Å². The van der Waals surface area contributed by atoms with Crippen LogP contribution in [-0.4, -0.2) is 62.4 Å². The average molecular weight is 541 g/mol. The SMILES string of the molecule is COc1ccc2nc(-c3ccc4occc4c3)n(-c3ccnc(N[C@H]4CCCN(C(=O)OC(C)(C)C)C4)n3)c2c1. The Kier molecular flexibility index (Phi) is 6.53. The molecule has 3 aromatic heterocycles. The van der Waals surface area contributed by atoms with E-state index in [2.05, 4.69) is 16.4 Å². The molecule has 1 N–H and O–H groups in total. The highest BCUT2D eigenvalue weighted by Crippen LogP contribution is 2.32. The lowest BCUT2D eigenvalue weighted by Gasteiger charge is -2.34. The molecule has 1 aliphatic heterocycles. The number of benzene rings is 2. The number of nitrogens with zero attached hydrogens (tertiary/aromatic N) is 5. The summed E-state index contributed by atoms with van der Waals surface area (Å²) in [6.45, 7) is 6.81. The number of nitrogens with one attached hydrogen (secondary N) is 1. The first-order chi connectivity index (χ1) is 19.3. The van der Waals surface area contributed by atoms with Crippen LogP contribution in [0.3, 0.4) is 0 Å². The summed E-state index contributed by atoms with van der Waals surface area (Å²) < 4.78 is 18.7. The molecule has 2 aromatic carbocycles. The number of carbonyl (C=O) groups excluding carboxylic acids is 1. The average Bonchev–Trinajstić information content (AvgIpc) is 3.56. The van der Waals surface area contributed by atoms with Gasteiger partial charge in [0, 0.05) is 42.3 Å². The second-order valence-corrected chi connectivity index (χ2v) is 10.9. The summed E-state index contributed by atoms with van der Waals surface area (Å²) >= 11 is 0. The number of furan rings is 1. The largest absolute Gasteiger partial charge is 0.497 e. The highest BCUT2D eigenvalue weighted by atomic mass is 16.6. The molecule has 10 nitrogen and oxygen atoms in total. The Balaban J connectivity index is 1.34. The van der Waals surface area contributed by atoms with Gasteiger partial charge in [-0.05, 0) is 76.1 Å². The number of piperidine rings is 1. The van der Waals surface area contributed by atoms with E-state index in [0.29, 0.717) is 24.9 Å². The van der Waals surface area contributed by atoms with Crippen molar-refractivity contribution in [1.29, 1.82) is 0 Å². The molecule has 0 radical (unpaired) electrons. The van der Waals surface area contributed by atoms with E-state index in [4.69, 9.17) is 23.9 Å². The first kappa shape index (κ1) is 25.7. The maximum Gasteiger partial charge on any atom is 0.410 e. The Labute approximate surface area is 231 Å². The van der Waals surface area contributed by atoms with Crippen molar-refractivity contribution < 1.29 is 18.7 Å². The molecule has 5 aromatic rings. The first-order valence-corrected chi connectivity index (χ1v) is 13.4. The fourth-order valence-corrected chi connectivity index (χ4v) is 5.03. The molecule has 1 fully saturated rings. The van der Waals surface area contributed by atoms with Gasteiger partial charge in [0.25, 0.3) is 0 Å². The monoisotopic (exact) mass is 540 g/mol. The van der Waals surface area contributed by atoms with Crippen LogP contribution in [0.5, 0.6) is 5.75 Å². The summed E-state index contributed by atoms with van der Waals surface area (Å²) in [4.78, 5) is 28.8. The van der Waals surface area contributed by atoms with E-state index >= 15 is 0 Å². The zero-order valence-electron chi connectivity index (χ0n) is 23.0. The number of carbonyl (C=O) groups is 1. The van der Waals surface area contributed by atoms with Gasteiger partial charge < -0.3 is 24.1 Å². The minimum absolute atomic E-state index is 0.000822. The zero-order valence-corrected chi connectivity index (χ0v) is 23.0. The van der Waals surface area contributed by atoms with Crippen LogP contribution in [0.15, 0.2) is 65.4 Å². The molecule has 0 spiro atoms. The molecule has 6 rings (SSSR count). The molecule has 1 saturated heterocycles. The summed E-state index contributed by atoms with van der Waals surface area (Å²) in [7, 11) is 1.65. The predicted molar refractivity (Wildman–Crippen MR) is 153 cm³/mol. The van der Waals surface area contributed by atoms with E-state index < -0.39 is 5.60 Å². The number of ether oxygens (including phenoxy) is 2. The van der Waals surface area contributed by atoms with E-state index in [1.807, 2.05) is 67.8 Å². The lowest BCUT2D eigenvalue weighted by atomic mass is 10.1. The Bertz CT molecular complexity index is 1680. The van der Waals surface area contributed by atoms with E-state index in [9.17, 15) is 4.79 Å². The summed E-state index contributed by atoms with van der Waals surface area (Å²) in [6, 6.07) is 15.6. The van der Waals surface area contributed by atoms with Crippen molar-refractivity contribution in [3.63, 3.8) is 0 Å². The number of likely N-dealkylation sites (tertiary alicyclic amines) is 1. The van der Waals surface area contributed by atoms with Crippen LogP contribution in [0.25, 0.3) is 39.2 Å². The standard InChI is InChI=1S/C30H32N6O4/c1-30(2,3)40-29(37)35-14-5-6-21(18-35)32-28-31-13-11-26(34-28)36-24-17-22(38-4)8-9-23(24)33-27(36)20-7-10-25-19(16-20)12-15-39-25/h7-13,15-17,21H,5-6,14,18H2,1-4H3,(H,31,32,34)/t21-/m0/s1. The molecule has 4 heterocycles. The third-order valence-electron chi connectivity index (χ3n) is 6.85. The summed E-state index contributed by atoms with van der Waals surface area (Å²) in [5, 5.41) is 4.43. The maximum absolute atomic E-state index is 12.7. The lowest BCUT2D eigenvalue weighted by Crippen LogP contribution is -2.47. The third kappa shape index (κ3) is 5.16. The van der Waals surface area contributed by atoms with Crippen LogP contribution in [0.1, 0.15) is 33.6 Å². The van der Waals surface area contributed by atoms with Gasteiger partial charge in [-0.3, -0.25) is 4.57 Å². The Morgan fingerprint density at radius 1 is 1.10 bits per heavy atom. The van der Waals surface area contributed by atoms with Crippen molar-refractivity contribution >= 4 is 34.0 Å². The van der Waals surface area contributed by atoms with E-state index in [1.54, 1.807) is 24.5 Å². The van der Waals surface area contributed by atoms with Gasteiger partial charge in [0.1, 0.15) is 28.6 Å². The predicted octanol–water partition coefficient (Wildman–Crippen LogP) is 6.05.